The minimum Gasteiger partial charge on any atom is -1.00 e. The number of rotatable bonds is 8. The number of carbonyl (C=O) groups excluding carboxylic acids is 1. The first-order chi connectivity index (χ1) is 11.9. The predicted octanol–water partition coefficient (Wildman–Crippen LogP) is -0.318. The van der Waals surface area contributed by atoms with Crippen LogP contribution in [0.25, 0.3) is 0 Å². The van der Waals surface area contributed by atoms with E-state index < -0.39 is 33.9 Å². The van der Waals surface area contributed by atoms with Gasteiger partial charge in [0, 0.05) is 0 Å². The van der Waals surface area contributed by atoms with Crippen LogP contribution in [0, 0.1) is 11.8 Å². The van der Waals surface area contributed by atoms with Gasteiger partial charge in [0.15, 0.2) is 0 Å². The van der Waals surface area contributed by atoms with Crippen LogP contribution < -0.4 is 29.6 Å². The normalized spacial score (nSPS) is 17.8. The molecule has 1 aromatic carbocycles. The third-order valence-corrected chi connectivity index (χ3v) is 5.51. The summed E-state index contributed by atoms with van der Waals surface area (Å²) in [6.45, 7) is 0.0689. The van der Waals surface area contributed by atoms with E-state index >= 15 is 0 Å². The van der Waals surface area contributed by atoms with Gasteiger partial charge in [-0.05, 0) is 30.7 Å². The summed E-state index contributed by atoms with van der Waals surface area (Å²) in [6, 6.07) is 9.15. The summed E-state index contributed by atoms with van der Waals surface area (Å²) < 4.78 is 36.4. The van der Waals surface area contributed by atoms with Crippen molar-refractivity contribution in [2.24, 2.45) is 11.8 Å². The Hall–Kier alpha value is -0.440. The van der Waals surface area contributed by atoms with E-state index in [1.54, 1.807) is 0 Å². The first-order valence-electron chi connectivity index (χ1n) is 8.70. The number of carbonyl (C=O) groups is 1. The topological polar surface area (TPSA) is 101 Å². The molecule has 2 N–H and O–H groups in total. The first-order valence-corrected chi connectivity index (χ1v) is 10.3. The van der Waals surface area contributed by atoms with Gasteiger partial charge in [0.25, 0.3) is 10.1 Å². The zero-order valence-electron chi connectivity index (χ0n) is 16.2. The maximum Gasteiger partial charge on any atom is 1.00 e. The molecule has 6 nitrogen and oxygen atoms in total. The van der Waals surface area contributed by atoms with E-state index in [4.69, 9.17) is 9.29 Å². The van der Waals surface area contributed by atoms with Gasteiger partial charge in [-0.3, -0.25) is 9.35 Å². The molecule has 2 atom stereocenters. The monoisotopic (exact) mass is 394 g/mol. The Morgan fingerprint density at radius 3 is 2.38 bits per heavy atom. The van der Waals surface area contributed by atoms with Crippen molar-refractivity contribution in [3.63, 3.8) is 0 Å². The van der Waals surface area contributed by atoms with Crippen molar-refractivity contribution < 1.29 is 58.6 Å². The van der Waals surface area contributed by atoms with Gasteiger partial charge >= 0.3 is 35.5 Å². The molecule has 0 heterocycles. The maximum absolute atomic E-state index is 12.5. The molecule has 0 aliphatic heterocycles. The zero-order valence-corrected chi connectivity index (χ0v) is 18.0. The van der Waals surface area contributed by atoms with E-state index in [2.05, 4.69) is 0 Å². The minimum absolute atomic E-state index is 0. The van der Waals surface area contributed by atoms with E-state index in [1.807, 2.05) is 30.3 Å². The molecule has 1 fully saturated rings. The van der Waals surface area contributed by atoms with E-state index in [-0.39, 0.29) is 49.9 Å². The Bertz CT molecular complexity index is 649. The third-order valence-electron chi connectivity index (χ3n) is 4.76. The second kappa shape index (κ2) is 11.4. The van der Waals surface area contributed by atoms with Crippen LogP contribution >= 0.6 is 0 Å². The van der Waals surface area contributed by atoms with Crippen molar-refractivity contribution in [2.75, 3.05) is 5.75 Å². The Balaban J connectivity index is 0.00000338. The van der Waals surface area contributed by atoms with E-state index in [1.165, 1.54) is 0 Å². The number of benzene rings is 1. The summed E-state index contributed by atoms with van der Waals surface area (Å²) in [6.07, 6.45) is 3.62. The van der Waals surface area contributed by atoms with Crippen molar-refractivity contribution in [3.05, 3.63) is 35.9 Å². The molecule has 0 radical (unpaired) electrons. The van der Waals surface area contributed by atoms with Gasteiger partial charge in [0.05, 0.1) is 17.8 Å². The summed E-state index contributed by atoms with van der Waals surface area (Å²) in [7, 11) is -4.20. The molecule has 0 spiro atoms. The van der Waals surface area contributed by atoms with Crippen molar-refractivity contribution in [1.82, 2.24) is 0 Å². The van der Waals surface area contributed by atoms with Gasteiger partial charge in [-0.25, -0.2) is 0 Å². The van der Waals surface area contributed by atoms with Crippen molar-refractivity contribution in [3.8, 4) is 0 Å². The Labute approximate surface area is 178 Å². The molecule has 26 heavy (non-hydrogen) atoms. The molecule has 0 aromatic heterocycles. The fraction of sp³-hybridized carbons (Fsp3) is 0.611. The summed E-state index contributed by atoms with van der Waals surface area (Å²) in [5, 5.41) is 10.6. The smallest absolute Gasteiger partial charge is 1.00 e. The molecule has 2 rings (SSSR count). The van der Waals surface area contributed by atoms with Crippen molar-refractivity contribution in [2.45, 2.75) is 51.2 Å². The molecule has 0 bridgehead atoms. The molecule has 2 unspecified atom stereocenters. The molecule has 1 aromatic rings. The molecule has 0 saturated heterocycles. The van der Waals surface area contributed by atoms with Gasteiger partial charge < -0.3 is 11.3 Å². The largest absolute Gasteiger partial charge is 1.00 e. The number of aliphatic hydroxyl groups excluding tert-OH is 1. The number of hydrogen-bond donors (Lipinski definition) is 2. The van der Waals surface area contributed by atoms with Crippen LogP contribution in [0.4, 0.5) is 0 Å². The Kier molecular flexibility index (Phi) is 10.4. The standard InChI is InChI=1S/C18H26O6S.Na.H/c19-17(15-9-5-2-6-10-15)16(11-12-25(21,22)23)18(20)24-13-14-7-3-1-4-8-14;;/h1,3-4,7-8,15-17,19H,2,5-6,9-13H2,(H,21,22,23);;/q;+1;-1. The molecular weight excluding hydrogens is 367 g/mol. The predicted molar refractivity (Wildman–Crippen MR) is 94.5 cm³/mol. The fourth-order valence-electron chi connectivity index (χ4n) is 3.34. The van der Waals surface area contributed by atoms with Gasteiger partial charge in [-0.15, -0.1) is 0 Å². The van der Waals surface area contributed by atoms with Crippen LogP contribution in [0.1, 0.15) is 45.5 Å². The molecule has 0 amide bonds. The second-order valence-electron chi connectivity index (χ2n) is 6.66. The minimum atomic E-state index is -4.20. The van der Waals surface area contributed by atoms with Crippen LogP contribution in [-0.4, -0.2) is 35.9 Å². The summed E-state index contributed by atoms with van der Waals surface area (Å²) in [4.78, 5) is 12.5. The second-order valence-corrected chi connectivity index (χ2v) is 8.24. The number of ether oxygens (including phenoxy) is 1. The third kappa shape index (κ3) is 8.06. The van der Waals surface area contributed by atoms with Gasteiger partial charge in [-0.2, -0.15) is 8.42 Å². The quantitative estimate of drug-likeness (QED) is 0.356. The fourth-order valence-corrected chi connectivity index (χ4v) is 3.90. The van der Waals surface area contributed by atoms with Crippen molar-refractivity contribution in [1.29, 1.82) is 0 Å². The van der Waals surface area contributed by atoms with E-state index in [0.29, 0.717) is 0 Å². The van der Waals surface area contributed by atoms with Crippen LogP contribution in [0.2, 0.25) is 0 Å². The first kappa shape index (κ1) is 23.6. The molecule has 1 saturated carbocycles. The average Bonchev–Trinajstić information content (AvgIpc) is 2.60. The van der Waals surface area contributed by atoms with Crippen LogP contribution in [-0.2, 0) is 26.3 Å². The summed E-state index contributed by atoms with van der Waals surface area (Å²) in [5.74, 6) is -2.18. The molecule has 1 aliphatic carbocycles. The number of esters is 1. The molecule has 142 valence electrons. The zero-order chi connectivity index (χ0) is 18.3. The molecular formula is C18H27NaO6S. The summed E-state index contributed by atoms with van der Waals surface area (Å²) >= 11 is 0. The van der Waals surface area contributed by atoms with Crippen LogP contribution in [0.5, 0.6) is 0 Å². The van der Waals surface area contributed by atoms with E-state index in [9.17, 15) is 18.3 Å². The van der Waals surface area contributed by atoms with Crippen molar-refractivity contribution >= 4 is 16.1 Å². The SMILES string of the molecule is O=C(OCc1ccccc1)C(CCS(=O)(=O)O)C(O)C1CCCCC1.[H-].[Na+]. The Morgan fingerprint density at radius 1 is 1.19 bits per heavy atom. The molecule has 1 aliphatic rings. The van der Waals surface area contributed by atoms with Gasteiger partial charge in [-0.1, -0.05) is 49.6 Å². The van der Waals surface area contributed by atoms with Gasteiger partial charge in [0.2, 0.25) is 0 Å². The maximum atomic E-state index is 12.5. The average molecular weight is 394 g/mol. The van der Waals surface area contributed by atoms with Gasteiger partial charge in [0.1, 0.15) is 6.61 Å². The van der Waals surface area contributed by atoms with Crippen LogP contribution in [0.3, 0.4) is 0 Å². The molecule has 8 heteroatoms. The Morgan fingerprint density at radius 2 is 1.81 bits per heavy atom. The number of aliphatic hydroxyl groups is 1. The number of hydrogen-bond acceptors (Lipinski definition) is 5. The summed E-state index contributed by atoms with van der Waals surface area (Å²) in [5.41, 5.74) is 0.816. The van der Waals surface area contributed by atoms with Crippen LogP contribution in [0.15, 0.2) is 30.3 Å². The van der Waals surface area contributed by atoms with E-state index in [0.717, 1.165) is 37.7 Å².